The minimum atomic E-state index is -0.00574. The fourth-order valence-electron chi connectivity index (χ4n) is 3.74. The number of aromatic nitrogens is 1. The van der Waals surface area contributed by atoms with Gasteiger partial charge in [-0.2, -0.15) is 0 Å². The molecule has 1 saturated heterocycles. The van der Waals surface area contributed by atoms with E-state index in [1.54, 1.807) is 0 Å². The van der Waals surface area contributed by atoms with E-state index in [1.165, 1.54) is 31.2 Å². The molecule has 1 N–H and O–H groups in total. The van der Waals surface area contributed by atoms with E-state index in [0.29, 0.717) is 0 Å². The summed E-state index contributed by atoms with van der Waals surface area (Å²) in [5.74, 6) is -0.00574. The Labute approximate surface area is 163 Å². The highest BCUT2D eigenvalue weighted by Gasteiger charge is 2.14. The number of benzene rings is 1. The molecule has 1 aliphatic rings. The zero-order valence-electron chi connectivity index (χ0n) is 16.6. The first-order valence-electron chi connectivity index (χ1n) is 10.1. The Morgan fingerprint density at radius 1 is 1.15 bits per heavy atom. The Morgan fingerprint density at radius 3 is 2.67 bits per heavy atom. The minimum Gasteiger partial charge on any atom is -0.349 e. The van der Waals surface area contributed by atoms with E-state index in [9.17, 15) is 4.79 Å². The van der Waals surface area contributed by atoms with Crippen LogP contribution in [0.4, 0.5) is 0 Å². The molecule has 27 heavy (non-hydrogen) atoms. The van der Waals surface area contributed by atoms with Gasteiger partial charge < -0.3 is 5.32 Å². The average molecular weight is 366 g/mol. The number of nitrogens with one attached hydrogen (secondary N) is 1. The number of nitrogens with zero attached hydrogens (tertiary/aromatic N) is 2. The molecular formula is C23H31N3O. The Bertz CT molecular complexity index is 751. The van der Waals surface area contributed by atoms with Gasteiger partial charge in [-0.1, -0.05) is 31.0 Å². The molecule has 2 heterocycles. The molecule has 1 atom stereocenters. The van der Waals surface area contributed by atoms with Crippen LogP contribution >= 0.6 is 0 Å². The summed E-state index contributed by atoms with van der Waals surface area (Å²) in [6, 6.07) is 12.1. The molecule has 1 aliphatic heterocycles. The smallest absolute Gasteiger partial charge is 0.251 e. The quantitative estimate of drug-likeness (QED) is 0.837. The van der Waals surface area contributed by atoms with Gasteiger partial charge in [0.1, 0.15) is 0 Å². The monoisotopic (exact) mass is 365 g/mol. The first-order chi connectivity index (χ1) is 13.1. The van der Waals surface area contributed by atoms with Crippen molar-refractivity contribution in [3.05, 3.63) is 65.0 Å². The third kappa shape index (κ3) is 5.90. The van der Waals surface area contributed by atoms with Gasteiger partial charge in [-0.3, -0.25) is 14.7 Å². The molecule has 0 unspecified atom stereocenters. The van der Waals surface area contributed by atoms with Crippen molar-refractivity contribution >= 4 is 5.91 Å². The standard InChI is InChI=1S/C23H31N3O/c1-18-9-8-12-24-22(18)15-19(2)25-23(27)21-11-7-10-20(16-21)17-26-13-5-3-4-6-14-26/h7-12,16,19H,3-6,13-15,17H2,1-2H3,(H,25,27)/t19-/m0/s1. The highest BCUT2D eigenvalue weighted by Crippen LogP contribution is 2.15. The normalized spacial score (nSPS) is 16.5. The minimum absolute atomic E-state index is 0.00574. The Kier molecular flexibility index (Phi) is 6.99. The maximum atomic E-state index is 12.7. The van der Waals surface area contributed by atoms with Gasteiger partial charge in [-0.15, -0.1) is 0 Å². The summed E-state index contributed by atoms with van der Waals surface area (Å²) in [6.07, 6.45) is 7.80. The molecule has 3 rings (SSSR count). The van der Waals surface area contributed by atoms with E-state index < -0.39 is 0 Å². The van der Waals surface area contributed by atoms with Gasteiger partial charge in [0.15, 0.2) is 0 Å². The first-order valence-corrected chi connectivity index (χ1v) is 10.1. The van der Waals surface area contributed by atoms with Crippen molar-refractivity contribution < 1.29 is 4.79 Å². The molecule has 2 aromatic rings. The number of carbonyl (C=O) groups is 1. The molecule has 0 aliphatic carbocycles. The highest BCUT2D eigenvalue weighted by atomic mass is 16.1. The topological polar surface area (TPSA) is 45.2 Å². The zero-order chi connectivity index (χ0) is 19.1. The Morgan fingerprint density at radius 2 is 1.93 bits per heavy atom. The van der Waals surface area contributed by atoms with E-state index in [2.05, 4.69) is 34.3 Å². The van der Waals surface area contributed by atoms with Gasteiger partial charge in [0.05, 0.1) is 0 Å². The molecule has 1 fully saturated rings. The molecular weight excluding hydrogens is 334 g/mol. The van der Waals surface area contributed by atoms with Gasteiger partial charge in [0.2, 0.25) is 0 Å². The molecule has 1 aromatic carbocycles. The first kappa shape index (κ1) is 19.6. The van der Waals surface area contributed by atoms with Crippen molar-refractivity contribution in [3.8, 4) is 0 Å². The van der Waals surface area contributed by atoms with Crippen molar-refractivity contribution in [2.75, 3.05) is 13.1 Å². The number of carbonyl (C=O) groups excluding carboxylic acids is 1. The number of hydrogen-bond donors (Lipinski definition) is 1. The second kappa shape index (κ2) is 9.65. The number of aryl methyl sites for hydroxylation is 1. The molecule has 1 aromatic heterocycles. The van der Waals surface area contributed by atoms with Crippen molar-refractivity contribution in [1.29, 1.82) is 0 Å². The average Bonchev–Trinajstić information content (AvgIpc) is 2.92. The van der Waals surface area contributed by atoms with Gasteiger partial charge in [0, 0.05) is 36.5 Å². The number of hydrogen-bond acceptors (Lipinski definition) is 3. The number of pyridine rings is 1. The van der Waals surface area contributed by atoms with Crippen LogP contribution in [-0.2, 0) is 13.0 Å². The van der Waals surface area contributed by atoms with E-state index in [4.69, 9.17) is 0 Å². The van der Waals surface area contributed by atoms with Crippen LogP contribution < -0.4 is 5.32 Å². The van der Waals surface area contributed by atoms with E-state index in [1.807, 2.05) is 37.4 Å². The molecule has 0 spiro atoms. The summed E-state index contributed by atoms with van der Waals surface area (Å²) >= 11 is 0. The zero-order valence-corrected chi connectivity index (χ0v) is 16.6. The van der Waals surface area contributed by atoms with Crippen LogP contribution in [0.1, 0.15) is 59.8 Å². The van der Waals surface area contributed by atoms with Crippen LogP contribution in [0, 0.1) is 6.92 Å². The molecule has 0 saturated carbocycles. The lowest BCUT2D eigenvalue weighted by molar-refractivity contribution is 0.0939. The van der Waals surface area contributed by atoms with E-state index in [0.717, 1.165) is 42.9 Å². The van der Waals surface area contributed by atoms with Gasteiger partial charge in [-0.25, -0.2) is 0 Å². The van der Waals surface area contributed by atoms with Crippen LogP contribution in [-0.4, -0.2) is 34.9 Å². The second-order valence-electron chi connectivity index (χ2n) is 7.74. The summed E-state index contributed by atoms with van der Waals surface area (Å²) in [5, 5.41) is 3.12. The maximum Gasteiger partial charge on any atom is 0.251 e. The molecule has 0 radical (unpaired) electrons. The predicted octanol–water partition coefficient (Wildman–Crippen LogP) is 4.13. The van der Waals surface area contributed by atoms with Gasteiger partial charge in [0.25, 0.3) is 5.91 Å². The number of rotatable bonds is 6. The molecule has 4 heteroatoms. The molecule has 1 amide bonds. The fraction of sp³-hybridized carbons (Fsp3) is 0.478. The predicted molar refractivity (Wildman–Crippen MR) is 110 cm³/mol. The number of amides is 1. The highest BCUT2D eigenvalue weighted by molar-refractivity contribution is 5.94. The maximum absolute atomic E-state index is 12.7. The van der Waals surface area contributed by atoms with Crippen LogP contribution in [0.25, 0.3) is 0 Å². The fourth-order valence-corrected chi connectivity index (χ4v) is 3.74. The summed E-state index contributed by atoms with van der Waals surface area (Å²) < 4.78 is 0. The Balaban J connectivity index is 1.58. The van der Waals surface area contributed by atoms with Gasteiger partial charge >= 0.3 is 0 Å². The van der Waals surface area contributed by atoms with Crippen molar-refractivity contribution in [2.24, 2.45) is 0 Å². The van der Waals surface area contributed by atoms with Crippen LogP contribution in [0.15, 0.2) is 42.6 Å². The lowest BCUT2D eigenvalue weighted by Crippen LogP contribution is -2.34. The van der Waals surface area contributed by atoms with Crippen LogP contribution in [0.3, 0.4) is 0 Å². The van der Waals surface area contributed by atoms with Crippen molar-refractivity contribution in [2.45, 2.75) is 58.5 Å². The SMILES string of the molecule is Cc1cccnc1C[C@H](C)NC(=O)c1cccc(CN2CCCCCC2)c1. The number of likely N-dealkylation sites (tertiary alicyclic amines) is 1. The van der Waals surface area contributed by atoms with Crippen LogP contribution in [0.2, 0.25) is 0 Å². The molecule has 0 bridgehead atoms. The summed E-state index contributed by atoms with van der Waals surface area (Å²) in [5.41, 5.74) is 4.17. The second-order valence-corrected chi connectivity index (χ2v) is 7.74. The van der Waals surface area contributed by atoms with Crippen LogP contribution in [0.5, 0.6) is 0 Å². The largest absolute Gasteiger partial charge is 0.349 e. The summed E-state index contributed by atoms with van der Waals surface area (Å²) in [7, 11) is 0. The van der Waals surface area contributed by atoms with E-state index in [-0.39, 0.29) is 11.9 Å². The lowest BCUT2D eigenvalue weighted by atomic mass is 10.1. The third-order valence-electron chi connectivity index (χ3n) is 5.29. The third-order valence-corrected chi connectivity index (χ3v) is 5.29. The van der Waals surface area contributed by atoms with Gasteiger partial charge in [-0.05, 0) is 69.1 Å². The molecule has 4 nitrogen and oxygen atoms in total. The summed E-state index contributed by atoms with van der Waals surface area (Å²) in [6.45, 7) is 7.36. The van der Waals surface area contributed by atoms with Crippen molar-refractivity contribution in [1.82, 2.24) is 15.2 Å². The summed E-state index contributed by atoms with van der Waals surface area (Å²) in [4.78, 5) is 19.6. The van der Waals surface area contributed by atoms with E-state index >= 15 is 0 Å². The Hall–Kier alpha value is -2.20. The lowest BCUT2D eigenvalue weighted by Gasteiger charge is -2.20. The molecule has 144 valence electrons. The van der Waals surface area contributed by atoms with Crippen molar-refractivity contribution in [3.63, 3.8) is 0 Å².